The molecule has 1 aromatic heterocycles. The maximum absolute atomic E-state index is 4.55. The number of nitrogens with one attached hydrogen (secondary N) is 1. The maximum Gasteiger partial charge on any atom is 0.0672 e. The number of hydrogen-bond donors (Lipinski definition) is 1. The summed E-state index contributed by atoms with van der Waals surface area (Å²) >= 11 is 0. The van der Waals surface area contributed by atoms with Crippen LogP contribution in [0.2, 0.25) is 0 Å². The van der Waals surface area contributed by atoms with Gasteiger partial charge in [-0.05, 0) is 37.8 Å². The van der Waals surface area contributed by atoms with Crippen LogP contribution in [0.4, 0.5) is 0 Å². The van der Waals surface area contributed by atoms with Crippen molar-refractivity contribution in [2.24, 2.45) is 0 Å². The standard InChI is InChI=1S/C16H21N3/c1-3-19-11-16(12(2)18-19)15-7-5-4-6-13(15)10-17-14-8-9-14/h4-7,11,14,17H,3,8-10H2,1-2H3. The van der Waals surface area contributed by atoms with E-state index in [1.165, 1.54) is 29.5 Å². The number of aryl methyl sites for hydroxylation is 2. The Morgan fingerprint density at radius 3 is 2.74 bits per heavy atom. The maximum atomic E-state index is 4.55. The van der Waals surface area contributed by atoms with Gasteiger partial charge in [-0.3, -0.25) is 4.68 Å². The Kier molecular flexibility index (Phi) is 3.38. The van der Waals surface area contributed by atoms with Crippen LogP contribution in [0.15, 0.2) is 30.5 Å². The Labute approximate surface area is 114 Å². The average Bonchev–Trinajstić information content (AvgIpc) is 3.19. The molecule has 1 N–H and O–H groups in total. The molecule has 1 aliphatic rings. The molecule has 19 heavy (non-hydrogen) atoms. The SMILES string of the molecule is CCn1cc(-c2ccccc2CNC2CC2)c(C)n1. The number of aromatic nitrogens is 2. The van der Waals surface area contributed by atoms with Crippen molar-refractivity contribution in [3.8, 4) is 11.1 Å². The van der Waals surface area contributed by atoms with Crippen LogP contribution in [-0.2, 0) is 13.1 Å². The zero-order chi connectivity index (χ0) is 13.2. The third kappa shape index (κ3) is 2.71. The Bertz CT molecular complexity index is 567. The minimum Gasteiger partial charge on any atom is -0.310 e. The molecule has 0 bridgehead atoms. The molecule has 0 amide bonds. The number of nitrogens with zero attached hydrogens (tertiary/aromatic N) is 2. The van der Waals surface area contributed by atoms with E-state index in [-0.39, 0.29) is 0 Å². The van der Waals surface area contributed by atoms with Gasteiger partial charge in [0.1, 0.15) is 0 Å². The Balaban J connectivity index is 1.91. The molecular weight excluding hydrogens is 234 g/mol. The molecule has 1 aliphatic carbocycles. The highest BCUT2D eigenvalue weighted by molar-refractivity contribution is 5.68. The Morgan fingerprint density at radius 2 is 2.05 bits per heavy atom. The van der Waals surface area contributed by atoms with Crippen LogP contribution >= 0.6 is 0 Å². The fourth-order valence-corrected chi connectivity index (χ4v) is 2.42. The van der Waals surface area contributed by atoms with Gasteiger partial charge < -0.3 is 5.32 Å². The second-order valence-electron chi connectivity index (χ2n) is 5.30. The summed E-state index contributed by atoms with van der Waals surface area (Å²) in [7, 11) is 0. The minimum absolute atomic E-state index is 0.743. The normalized spacial score (nSPS) is 14.8. The molecule has 3 heteroatoms. The van der Waals surface area contributed by atoms with Gasteiger partial charge in [0, 0.05) is 30.9 Å². The fraction of sp³-hybridized carbons (Fsp3) is 0.438. The average molecular weight is 255 g/mol. The van der Waals surface area contributed by atoms with E-state index in [2.05, 4.69) is 54.7 Å². The first kappa shape index (κ1) is 12.4. The van der Waals surface area contributed by atoms with Crippen molar-refractivity contribution in [3.05, 3.63) is 41.7 Å². The van der Waals surface area contributed by atoms with Crippen molar-refractivity contribution in [1.29, 1.82) is 0 Å². The van der Waals surface area contributed by atoms with Gasteiger partial charge in [0.05, 0.1) is 5.69 Å². The molecule has 0 aliphatic heterocycles. The topological polar surface area (TPSA) is 29.9 Å². The zero-order valence-electron chi connectivity index (χ0n) is 11.7. The summed E-state index contributed by atoms with van der Waals surface area (Å²) in [5, 5.41) is 8.15. The molecule has 100 valence electrons. The van der Waals surface area contributed by atoms with Gasteiger partial charge in [-0.25, -0.2) is 0 Å². The Hall–Kier alpha value is -1.61. The summed E-state index contributed by atoms with van der Waals surface area (Å²) in [4.78, 5) is 0. The number of benzene rings is 1. The van der Waals surface area contributed by atoms with Crippen LogP contribution in [0, 0.1) is 6.92 Å². The summed E-state index contributed by atoms with van der Waals surface area (Å²) in [6, 6.07) is 9.39. The van der Waals surface area contributed by atoms with E-state index >= 15 is 0 Å². The second-order valence-corrected chi connectivity index (χ2v) is 5.30. The molecule has 0 atom stereocenters. The van der Waals surface area contributed by atoms with Crippen LogP contribution in [0.3, 0.4) is 0 Å². The van der Waals surface area contributed by atoms with E-state index in [9.17, 15) is 0 Å². The molecule has 3 nitrogen and oxygen atoms in total. The van der Waals surface area contributed by atoms with Gasteiger partial charge >= 0.3 is 0 Å². The largest absolute Gasteiger partial charge is 0.310 e. The van der Waals surface area contributed by atoms with Crippen molar-refractivity contribution in [1.82, 2.24) is 15.1 Å². The molecule has 1 heterocycles. The van der Waals surface area contributed by atoms with Crippen molar-refractivity contribution in [3.63, 3.8) is 0 Å². The van der Waals surface area contributed by atoms with Crippen molar-refractivity contribution in [2.45, 2.75) is 45.8 Å². The van der Waals surface area contributed by atoms with Gasteiger partial charge in [-0.15, -0.1) is 0 Å². The molecule has 1 fully saturated rings. The monoisotopic (exact) mass is 255 g/mol. The molecule has 3 rings (SSSR count). The lowest BCUT2D eigenvalue weighted by Gasteiger charge is -2.09. The van der Waals surface area contributed by atoms with Crippen molar-refractivity contribution >= 4 is 0 Å². The van der Waals surface area contributed by atoms with E-state index in [1.54, 1.807) is 0 Å². The van der Waals surface area contributed by atoms with E-state index in [1.807, 2.05) is 4.68 Å². The van der Waals surface area contributed by atoms with Crippen LogP contribution in [0.5, 0.6) is 0 Å². The molecule has 0 radical (unpaired) electrons. The second kappa shape index (κ2) is 5.17. The molecule has 0 unspecified atom stereocenters. The van der Waals surface area contributed by atoms with E-state index in [4.69, 9.17) is 0 Å². The van der Waals surface area contributed by atoms with Crippen LogP contribution in [0.25, 0.3) is 11.1 Å². The first-order valence-electron chi connectivity index (χ1n) is 7.13. The van der Waals surface area contributed by atoms with E-state index in [0.29, 0.717) is 0 Å². The predicted octanol–water partition coefficient (Wildman–Crippen LogP) is 3.13. The highest BCUT2D eigenvalue weighted by Crippen LogP contribution is 2.27. The molecule has 2 aromatic rings. The van der Waals surface area contributed by atoms with Gasteiger partial charge in [0.25, 0.3) is 0 Å². The van der Waals surface area contributed by atoms with Crippen molar-refractivity contribution < 1.29 is 0 Å². The predicted molar refractivity (Wildman–Crippen MR) is 77.9 cm³/mol. The molecule has 0 saturated heterocycles. The molecular formula is C16H21N3. The highest BCUT2D eigenvalue weighted by Gasteiger charge is 2.20. The smallest absolute Gasteiger partial charge is 0.0672 e. The lowest BCUT2D eigenvalue weighted by atomic mass is 10.0. The summed E-state index contributed by atoms with van der Waals surface area (Å²) in [6.07, 6.45) is 4.81. The lowest BCUT2D eigenvalue weighted by Crippen LogP contribution is -2.15. The molecule has 1 aromatic carbocycles. The highest BCUT2D eigenvalue weighted by atomic mass is 15.3. The Morgan fingerprint density at radius 1 is 1.26 bits per heavy atom. The summed E-state index contributed by atoms with van der Waals surface area (Å²) in [5.41, 5.74) is 5.05. The van der Waals surface area contributed by atoms with Crippen molar-refractivity contribution in [2.75, 3.05) is 0 Å². The van der Waals surface area contributed by atoms with Gasteiger partial charge in [-0.2, -0.15) is 5.10 Å². The number of rotatable bonds is 5. The van der Waals surface area contributed by atoms with Gasteiger partial charge in [-0.1, -0.05) is 24.3 Å². The number of hydrogen-bond acceptors (Lipinski definition) is 2. The van der Waals surface area contributed by atoms with Crippen LogP contribution in [-0.4, -0.2) is 15.8 Å². The quantitative estimate of drug-likeness (QED) is 0.889. The zero-order valence-corrected chi connectivity index (χ0v) is 11.7. The molecule has 1 saturated carbocycles. The summed E-state index contributed by atoms with van der Waals surface area (Å²) in [5.74, 6) is 0. The van der Waals surface area contributed by atoms with E-state index in [0.717, 1.165) is 24.8 Å². The fourth-order valence-electron chi connectivity index (χ4n) is 2.42. The molecule has 0 spiro atoms. The van der Waals surface area contributed by atoms with Gasteiger partial charge in [0.15, 0.2) is 0 Å². The van der Waals surface area contributed by atoms with E-state index < -0.39 is 0 Å². The minimum atomic E-state index is 0.743. The first-order valence-corrected chi connectivity index (χ1v) is 7.13. The summed E-state index contributed by atoms with van der Waals surface area (Å²) in [6.45, 7) is 6.09. The lowest BCUT2D eigenvalue weighted by molar-refractivity contribution is 0.653. The third-order valence-electron chi connectivity index (χ3n) is 3.74. The van der Waals surface area contributed by atoms with Crippen LogP contribution < -0.4 is 5.32 Å². The third-order valence-corrected chi connectivity index (χ3v) is 3.74. The first-order chi connectivity index (χ1) is 9.28. The van der Waals surface area contributed by atoms with Crippen LogP contribution in [0.1, 0.15) is 31.0 Å². The van der Waals surface area contributed by atoms with Gasteiger partial charge in [0.2, 0.25) is 0 Å². The summed E-state index contributed by atoms with van der Waals surface area (Å²) < 4.78 is 2.01.